The Kier molecular flexibility index (Phi) is 11.5. The van der Waals surface area contributed by atoms with Crippen LogP contribution in [-0.4, -0.2) is 15.0 Å². The van der Waals surface area contributed by atoms with Crippen molar-refractivity contribution in [1.82, 2.24) is 15.0 Å². The first-order chi connectivity index (χ1) is 14.5. The maximum Gasteiger partial charge on any atom is 0.130 e. The van der Waals surface area contributed by atoms with Crippen molar-refractivity contribution in [1.29, 1.82) is 0 Å². The van der Waals surface area contributed by atoms with E-state index in [0.29, 0.717) is 17.4 Å². The molecule has 2 rings (SSSR count). The fraction of sp³-hybridized carbons (Fsp3) is 0.739. The van der Waals surface area contributed by atoms with E-state index in [0.717, 1.165) is 32.8 Å². The SMILES string of the molecule is CCCCCCCCC(CCCCCCCC)n1nc2c(Br)c(N)c(N)c(Br)c2n1. The Morgan fingerprint density at radius 1 is 0.667 bits per heavy atom. The number of unbranched alkanes of at least 4 members (excludes halogenated alkanes) is 10. The molecule has 30 heavy (non-hydrogen) atoms. The summed E-state index contributed by atoms with van der Waals surface area (Å²) < 4.78 is 1.48. The number of nitrogens with two attached hydrogens (primary N) is 2. The molecule has 0 spiro atoms. The Morgan fingerprint density at radius 3 is 1.43 bits per heavy atom. The third-order valence-electron chi connectivity index (χ3n) is 5.92. The van der Waals surface area contributed by atoms with E-state index in [1.807, 2.05) is 4.80 Å². The van der Waals surface area contributed by atoms with Crippen LogP contribution in [0.2, 0.25) is 0 Å². The van der Waals surface area contributed by atoms with Crippen LogP contribution in [0.3, 0.4) is 0 Å². The number of hydrogen-bond acceptors (Lipinski definition) is 4. The summed E-state index contributed by atoms with van der Waals surface area (Å²) in [5.41, 5.74) is 14.9. The lowest BCUT2D eigenvalue weighted by molar-refractivity contribution is 0.337. The van der Waals surface area contributed by atoms with Gasteiger partial charge < -0.3 is 11.5 Å². The number of fused-ring (bicyclic) bond motifs is 1. The summed E-state index contributed by atoms with van der Waals surface area (Å²) in [7, 11) is 0. The van der Waals surface area contributed by atoms with Crippen LogP contribution in [0.4, 0.5) is 11.4 Å². The van der Waals surface area contributed by atoms with Gasteiger partial charge in [0, 0.05) is 0 Å². The molecule has 0 saturated carbocycles. The lowest BCUT2D eigenvalue weighted by Crippen LogP contribution is -2.13. The first kappa shape index (κ1) is 25.4. The number of benzene rings is 1. The molecule has 0 aliphatic rings. The van der Waals surface area contributed by atoms with E-state index in [4.69, 9.17) is 21.7 Å². The fourth-order valence-electron chi connectivity index (χ4n) is 3.97. The molecule has 0 amide bonds. The summed E-state index contributed by atoms with van der Waals surface area (Å²) in [5, 5.41) is 9.65. The van der Waals surface area contributed by atoms with Gasteiger partial charge in [-0.15, -0.1) is 0 Å². The van der Waals surface area contributed by atoms with Crippen LogP contribution in [0.25, 0.3) is 11.0 Å². The molecule has 4 N–H and O–H groups in total. The van der Waals surface area contributed by atoms with Crippen molar-refractivity contribution in [2.45, 2.75) is 110 Å². The molecule has 0 saturated heterocycles. The van der Waals surface area contributed by atoms with Crippen LogP contribution in [0.5, 0.6) is 0 Å². The molecule has 1 aromatic carbocycles. The number of anilines is 2. The molecular weight excluding hydrogens is 506 g/mol. The Bertz CT molecular complexity index is 714. The lowest BCUT2D eigenvalue weighted by Gasteiger charge is -2.16. The van der Waals surface area contributed by atoms with Gasteiger partial charge in [-0.05, 0) is 44.7 Å². The molecule has 0 aliphatic carbocycles. The Hall–Kier alpha value is -0.820. The van der Waals surface area contributed by atoms with Crippen LogP contribution < -0.4 is 11.5 Å². The Balaban J connectivity index is 2.08. The zero-order valence-electron chi connectivity index (χ0n) is 18.7. The molecule has 0 fully saturated rings. The van der Waals surface area contributed by atoms with Crippen molar-refractivity contribution >= 4 is 54.3 Å². The molecule has 0 aliphatic heterocycles. The van der Waals surface area contributed by atoms with E-state index in [1.54, 1.807) is 0 Å². The smallest absolute Gasteiger partial charge is 0.130 e. The largest absolute Gasteiger partial charge is 0.396 e. The fourth-order valence-corrected chi connectivity index (χ4v) is 4.93. The number of rotatable bonds is 15. The maximum absolute atomic E-state index is 6.13. The van der Waals surface area contributed by atoms with Gasteiger partial charge in [-0.1, -0.05) is 90.9 Å². The van der Waals surface area contributed by atoms with Gasteiger partial charge in [0.2, 0.25) is 0 Å². The van der Waals surface area contributed by atoms with Gasteiger partial charge in [0.05, 0.1) is 26.4 Å². The monoisotopic (exact) mass is 543 g/mol. The van der Waals surface area contributed by atoms with Gasteiger partial charge in [0.15, 0.2) is 0 Å². The van der Waals surface area contributed by atoms with Gasteiger partial charge in [0.1, 0.15) is 11.0 Å². The van der Waals surface area contributed by atoms with Crippen molar-refractivity contribution < 1.29 is 0 Å². The average molecular weight is 545 g/mol. The van der Waals surface area contributed by atoms with Crippen LogP contribution in [-0.2, 0) is 0 Å². The van der Waals surface area contributed by atoms with Gasteiger partial charge in [-0.2, -0.15) is 15.0 Å². The standard InChI is InChI=1S/C23H39Br2N5/c1-3-5-7-9-11-13-15-17(16-14-12-10-8-6-4-2)30-28-22-18(24)20(26)21(27)19(25)23(22)29-30/h17H,3-16,26-27H2,1-2H3. The highest BCUT2D eigenvalue weighted by Crippen LogP contribution is 2.40. The number of hydrogen-bond donors (Lipinski definition) is 2. The minimum Gasteiger partial charge on any atom is -0.396 e. The topological polar surface area (TPSA) is 82.8 Å². The first-order valence-corrected chi connectivity index (χ1v) is 13.4. The highest BCUT2D eigenvalue weighted by Gasteiger charge is 2.21. The van der Waals surface area contributed by atoms with Gasteiger partial charge in [-0.3, -0.25) is 0 Å². The molecule has 170 valence electrons. The zero-order valence-corrected chi connectivity index (χ0v) is 21.9. The summed E-state index contributed by atoms with van der Waals surface area (Å²) in [5.74, 6) is 0. The van der Waals surface area contributed by atoms with E-state index in [2.05, 4.69) is 45.7 Å². The molecular formula is C23H39Br2N5. The summed E-state index contributed by atoms with van der Waals surface area (Å²) in [6.07, 6.45) is 17.9. The second-order valence-corrected chi connectivity index (χ2v) is 10.0. The van der Waals surface area contributed by atoms with Crippen molar-refractivity contribution in [3.05, 3.63) is 8.95 Å². The lowest BCUT2D eigenvalue weighted by atomic mass is 10.0. The van der Waals surface area contributed by atoms with Crippen molar-refractivity contribution in [2.24, 2.45) is 0 Å². The van der Waals surface area contributed by atoms with E-state index in [1.165, 1.54) is 77.0 Å². The summed E-state index contributed by atoms with van der Waals surface area (Å²) in [6.45, 7) is 4.53. The summed E-state index contributed by atoms with van der Waals surface area (Å²) in [6, 6.07) is 0.330. The predicted octanol–water partition coefficient (Wildman–Crippen LogP) is 8.16. The second kappa shape index (κ2) is 13.6. The second-order valence-electron chi connectivity index (χ2n) is 8.44. The highest BCUT2D eigenvalue weighted by atomic mass is 79.9. The quantitative estimate of drug-likeness (QED) is 0.175. The number of aromatic nitrogens is 3. The molecule has 0 radical (unpaired) electrons. The highest BCUT2D eigenvalue weighted by molar-refractivity contribution is 9.11. The van der Waals surface area contributed by atoms with E-state index in [9.17, 15) is 0 Å². The molecule has 7 heteroatoms. The van der Waals surface area contributed by atoms with Crippen molar-refractivity contribution in [3.8, 4) is 0 Å². The molecule has 5 nitrogen and oxygen atoms in total. The zero-order chi connectivity index (χ0) is 21.9. The van der Waals surface area contributed by atoms with Gasteiger partial charge in [0.25, 0.3) is 0 Å². The van der Waals surface area contributed by atoms with Crippen LogP contribution in [0, 0.1) is 0 Å². The first-order valence-electron chi connectivity index (χ1n) is 11.8. The van der Waals surface area contributed by atoms with E-state index in [-0.39, 0.29) is 0 Å². The molecule has 1 heterocycles. The van der Waals surface area contributed by atoms with E-state index >= 15 is 0 Å². The summed E-state index contributed by atoms with van der Waals surface area (Å²) in [4.78, 5) is 1.93. The third-order valence-corrected chi connectivity index (χ3v) is 7.52. The number of nitrogen functional groups attached to an aromatic ring is 2. The molecule has 1 aromatic heterocycles. The average Bonchev–Trinajstić information content (AvgIpc) is 3.19. The minimum absolute atomic E-state index is 0.330. The van der Waals surface area contributed by atoms with Crippen LogP contribution in [0.1, 0.15) is 110 Å². The molecule has 0 atom stereocenters. The van der Waals surface area contributed by atoms with E-state index < -0.39 is 0 Å². The summed E-state index contributed by atoms with van der Waals surface area (Å²) >= 11 is 7.12. The van der Waals surface area contributed by atoms with Crippen molar-refractivity contribution in [2.75, 3.05) is 11.5 Å². The molecule has 2 aromatic rings. The van der Waals surface area contributed by atoms with Crippen LogP contribution in [0.15, 0.2) is 8.95 Å². The molecule has 0 bridgehead atoms. The normalized spacial score (nSPS) is 11.8. The third kappa shape index (κ3) is 7.11. The van der Waals surface area contributed by atoms with Crippen LogP contribution >= 0.6 is 31.9 Å². The molecule has 0 unspecified atom stereocenters. The Labute approximate surface area is 199 Å². The maximum atomic E-state index is 6.13. The number of nitrogens with zero attached hydrogens (tertiary/aromatic N) is 3. The number of halogens is 2. The van der Waals surface area contributed by atoms with Gasteiger partial charge >= 0.3 is 0 Å². The Morgan fingerprint density at radius 2 is 1.03 bits per heavy atom. The predicted molar refractivity (Wildman–Crippen MR) is 137 cm³/mol. The van der Waals surface area contributed by atoms with Gasteiger partial charge in [-0.25, -0.2) is 0 Å². The minimum atomic E-state index is 0.330. The van der Waals surface area contributed by atoms with Crippen molar-refractivity contribution in [3.63, 3.8) is 0 Å².